The van der Waals surface area contributed by atoms with E-state index in [0.29, 0.717) is 10.8 Å². The summed E-state index contributed by atoms with van der Waals surface area (Å²) in [6, 6.07) is 11.8. The zero-order valence-corrected chi connectivity index (χ0v) is 16.6. The Balaban J connectivity index is 1.73. The Bertz CT molecular complexity index is 1110. The van der Waals surface area contributed by atoms with Crippen molar-refractivity contribution in [1.29, 1.82) is 0 Å². The normalized spacial score (nSPS) is 11.2. The predicted molar refractivity (Wildman–Crippen MR) is 106 cm³/mol. The third-order valence-electron chi connectivity index (χ3n) is 3.69. The molecule has 0 aliphatic rings. The van der Waals surface area contributed by atoms with Gasteiger partial charge < -0.3 is 9.84 Å². The fourth-order valence-corrected chi connectivity index (χ4v) is 3.13. The minimum absolute atomic E-state index is 0.00825. The van der Waals surface area contributed by atoms with Gasteiger partial charge in [0.25, 0.3) is 5.91 Å². The molecule has 28 heavy (non-hydrogen) atoms. The minimum Gasteiger partial charge on any atom is -0.343 e. The van der Waals surface area contributed by atoms with Crippen LogP contribution in [0.2, 0.25) is 5.02 Å². The van der Waals surface area contributed by atoms with Crippen LogP contribution in [0.15, 0.2) is 47.0 Å². The van der Waals surface area contributed by atoms with Crippen molar-refractivity contribution in [2.24, 2.45) is 0 Å². The van der Waals surface area contributed by atoms with Gasteiger partial charge in [0.05, 0.1) is 24.1 Å². The summed E-state index contributed by atoms with van der Waals surface area (Å²) in [5, 5.41) is 7.12. The van der Waals surface area contributed by atoms with Crippen molar-refractivity contribution in [2.75, 3.05) is 11.0 Å². The summed E-state index contributed by atoms with van der Waals surface area (Å²) < 4.78 is 30.5. The monoisotopic (exact) mass is 420 g/mol. The van der Waals surface area contributed by atoms with Crippen molar-refractivity contribution in [3.05, 3.63) is 64.5 Å². The number of anilines is 1. The van der Waals surface area contributed by atoms with Crippen molar-refractivity contribution >= 4 is 33.2 Å². The topological polar surface area (TPSA) is 114 Å². The molecule has 0 saturated heterocycles. The number of hydrogen-bond acceptors (Lipinski definition) is 6. The number of sulfonamides is 1. The number of aryl methyl sites for hydroxylation is 1. The molecule has 0 radical (unpaired) electrons. The Hall–Kier alpha value is -2.91. The highest BCUT2D eigenvalue weighted by atomic mass is 35.5. The lowest BCUT2D eigenvalue weighted by atomic mass is 10.1. The van der Waals surface area contributed by atoms with Gasteiger partial charge in [-0.25, -0.2) is 8.42 Å². The van der Waals surface area contributed by atoms with E-state index in [9.17, 15) is 13.2 Å². The van der Waals surface area contributed by atoms with Gasteiger partial charge in [-0.15, -0.1) is 0 Å². The van der Waals surface area contributed by atoms with E-state index in [0.717, 1.165) is 17.4 Å². The van der Waals surface area contributed by atoms with Gasteiger partial charge in [0, 0.05) is 10.6 Å². The Labute approximate surface area is 167 Å². The van der Waals surface area contributed by atoms with Gasteiger partial charge in [-0.2, -0.15) is 4.98 Å². The summed E-state index contributed by atoms with van der Waals surface area (Å²) in [5.41, 5.74) is 1.93. The molecule has 1 aromatic heterocycles. The van der Waals surface area contributed by atoms with Crippen LogP contribution in [0, 0.1) is 6.92 Å². The molecule has 1 heterocycles. The molecule has 0 saturated carbocycles. The molecule has 0 unspecified atom stereocenters. The largest absolute Gasteiger partial charge is 0.343 e. The standard InChI is InChI=1S/C18H17ClN4O4S/c1-11-3-8-15(23-28(2,25)26)14(9-11)18(24)20-10-16-21-17(22-27-16)12-4-6-13(19)7-5-12/h3-9,23H,10H2,1-2H3,(H,20,24). The lowest BCUT2D eigenvalue weighted by Crippen LogP contribution is -2.25. The van der Waals surface area contributed by atoms with Crippen LogP contribution in [0.25, 0.3) is 11.4 Å². The van der Waals surface area contributed by atoms with Gasteiger partial charge in [0.1, 0.15) is 0 Å². The van der Waals surface area contributed by atoms with Crippen molar-refractivity contribution < 1.29 is 17.7 Å². The fraction of sp³-hybridized carbons (Fsp3) is 0.167. The summed E-state index contributed by atoms with van der Waals surface area (Å²) in [7, 11) is -3.52. The van der Waals surface area contributed by atoms with Crippen LogP contribution >= 0.6 is 11.6 Å². The van der Waals surface area contributed by atoms with E-state index >= 15 is 0 Å². The van der Waals surface area contributed by atoms with Gasteiger partial charge >= 0.3 is 0 Å². The second-order valence-corrected chi connectivity index (χ2v) is 8.31. The summed E-state index contributed by atoms with van der Waals surface area (Å²) in [5.74, 6) is 0.112. The second-order valence-electron chi connectivity index (χ2n) is 6.12. The van der Waals surface area contributed by atoms with E-state index < -0.39 is 15.9 Å². The molecule has 0 atom stereocenters. The number of nitrogens with one attached hydrogen (secondary N) is 2. The number of rotatable bonds is 6. The summed E-state index contributed by atoms with van der Waals surface area (Å²) in [4.78, 5) is 16.8. The highest BCUT2D eigenvalue weighted by Crippen LogP contribution is 2.20. The number of aromatic nitrogens is 2. The zero-order chi connectivity index (χ0) is 20.3. The van der Waals surface area contributed by atoms with Crippen molar-refractivity contribution in [1.82, 2.24) is 15.5 Å². The van der Waals surface area contributed by atoms with Crippen molar-refractivity contribution in [3.8, 4) is 11.4 Å². The lowest BCUT2D eigenvalue weighted by molar-refractivity contribution is 0.0947. The molecule has 2 N–H and O–H groups in total. The maximum Gasteiger partial charge on any atom is 0.253 e. The van der Waals surface area contributed by atoms with Crippen LogP contribution < -0.4 is 10.0 Å². The van der Waals surface area contributed by atoms with Crippen LogP contribution in [-0.4, -0.2) is 30.7 Å². The Morgan fingerprint density at radius 1 is 1.18 bits per heavy atom. The number of carbonyl (C=O) groups is 1. The first-order valence-corrected chi connectivity index (χ1v) is 10.4. The van der Waals surface area contributed by atoms with Crippen molar-refractivity contribution in [2.45, 2.75) is 13.5 Å². The van der Waals surface area contributed by atoms with E-state index in [-0.39, 0.29) is 23.7 Å². The van der Waals surface area contributed by atoms with E-state index in [1.807, 2.05) is 0 Å². The van der Waals surface area contributed by atoms with E-state index in [1.54, 1.807) is 43.3 Å². The Kier molecular flexibility index (Phi) is 5.66. The third-order valence-corrected chi connectivity index (χ3v) is 4.53. The Morgan fingerprint density at radius 3 is 2.57 bits per heavy atom. The van der Waals surface area contributed by atoms with Crippen LogP contribution in [0.1, 0.15) is 21.8 Å². The highest BCUT2D eigenvalue weighted by molar-refractivity contribution is 7.92. The molecule has 3 aromatic rings. The molecule has 1 amide bonds. The molecule has 0 aliphatic carbocycles. The predicted octanol–water partition coefficient (Wildman–Crippen LogP) is 3.00. The molecule has 0 spiro atoms. The van der Waals surface area contributed by atoms with E-state index in [1.165, 1.54) is 6.07 Å². The van der Waals surface area contributed by atoms with E-state index in [4.69, 9.17) is 16.1 Å². The van der Waals surface area contributed by atoms with Crippen LogP contribution in [0.5, 0.6) is 0 Å². The molecule has 3 rings (SSSR count). The second kappa shape index (κ2) is 7.99. The molecule has 0 aliphatic heterocycles. The van der Waals surface area contributed by atoms with Gasteiger partial charge in [-0.1, -0.05) is 28.4 Å². The lowest BCUT2D eigenvalue weighted by Gasteiger charge is -2.11. The van der Waals surface area contributed by atoms with Gasteiger partial charge in [0.15, 0.2) is 0 Å². The first-order valence-electron chi connectivity index (χ1n) is 8.16. The van der Waals surface area contributed by atoms with Gasteiger partial charge in [-0.05, 0) is 43.3 Å². The maximum atomic E-state index is 12.5. The number of halogens is 1. The van der Waals surface area contributed by atoms with Crippen LogP contribution in [0.4, 0.5) is 5.69 Å². The molecular formula is C18H17ClN4O4S. The molecule has 8 nitrogen and oxygen atoms in total. The molecular weight excluding hydrogens is 404 g/mol. The molecule has 0 fully saturated rings. The first-order chi connectivity index (χ1) is 13.2. The average molecular weight is 421 g/mol. The van der Waals surface area contributed by atoms with Crippen LogP contribution in [0.3, 0.4) is 0 Å². The summed E-state index contributed by atoms with van der Waals surface area (Å²) >= 11 is 5.86. The highest BCUT2D eigenvalue weighted by Gasteiger charge is 2.16. The number of amides is 1. The molecule has 2 aromatic carbocycles. The molecule has 0 bridgehead atoms. The Morgan fingerprint density at radius 2 is 1.89 bits per heavy atom. The smallest absolute Gasteiger partial charge is 0.253 e. The van der Waals surface area contributed by atoms with Gasteiger partial charge in [-0.3, -0.25) is 9.52 Å². The fourth-order valence-electron chi connectivity index (χ4n) is 2.43. The third kappa shape index (κ3) is 5.08. The van der Waals surface area contributed by atoms with E-state index in [2.05, 4.69) is 20.2 Å². The number of carbonyl (C=O) groups excluding carboxylic acids is 1. The van der Waals surface area contributed by atoms with Crippen LogP contribution in [-0.2, 0) is 16.6 Å². The summed E-state index contributed by atoms with van der Waals surface area (Å²) in [6.07, 6.45) is 1.02. The van der Waals surface area contributed by atoms with Crippen molar-refractivity contribution in [3.63, 3.8) is 0 Å². The molecule has 10 heteroatoms. The quantitative estimate of drug-likeness (QED) is 0.633. The maximum absolute atomic E-state index is 12.5. The number of benzene rings is 2. The molecule has 146 valence electrons. The summed E-state index contributed by atoms with van der Waals surface area (Å²) in [6.45, 7) is 1.79. The number of hydrogen-bond donors (Lipinski definition) is 2. The zero-order valence-electron chi connectivity index (χ0n) is 15.1. The SMILES string of the molecule is Cc1ccc(NS(C)(=O)=O)c(C(=O)NCc2nc(-c3ccc(Cl)cc3)no2)c1. The average Bonchev–Trinajstić information content (AvgIpc) is 3.09. The first kappa shape index (κ1) is 19.8. The minimum atomic E-state index is -3.52. The number of nitrogens with zero attached hydrogens (tertiary/aromatic N) is 2. The van der Waals surface area contributed by atoms with Gasteiger partial charge in [0.2, 0.25) is 21.7 Å².